The summed E-state index contributed by atoms with van der Waals surface area (Å²) in [5, 5.41) is 29.5. The van der Waals surface area contributed by atoms with Crippen LogP contribution in [0.1, 0.15) is 30.0 Å². The highest BCUT2D eigenvalue weighted by Gasteiger charge is 2.31. The van der Waals surface area contributed by atoms with Crippen molar-refractivity contribution < 1.29 is 14.8 Å². The van der Waals surface area contributed by atoms with Crippen LogP contribution in [0.15, 0.2) is 30.3 Å². The Bertz CT molecular complexity index is 1000. The van der Waals surface area contributed by atoms with Gasteiger partial charge in [-0.1, -0.05) is 12.1 Å². The highest BCUT2D eigenvalue weighted by Crippen LogP contribution is 2.42. The molecule has 1 saturated carbocycles. The fourth-order valence-electron chi connectivity index (χ4n) is 3.45. The summed E-state index contributed by atoms with van der Waals surface area (Å²) in [5.74, 6) is 1.48. The number of aromatic nitrogens is 2. The van der Waals surface area contributed by atoms with E-state index in [1.54, 1.807) is 7.11 Å². The number of methoxy groups -OCH3 is 1. The fraction of sp³-hybridized carbons (Fsp3) is 0.263. The molecule has 3 aromatic rings. The zero-order valence-corrected chi connectivity index (χ0v) is 14.7. The Morgan fingerprint density at radius 2 is 1.88 bits per heavy atom. The third-order valence-electron chi connectivity index (χ3n) is 5.00. The van der Waals surface area contributed by atoms with Crippen molar-refractivity contribution in [3.05, 3.63) is 41.6 Å². The maximum absolute atomic E-state index is 9.85. The van der Waals surface area contributed by atoms with Crippen LogP contribution in [0.25, 0.3) is 21.9 Å². The number of nitrogen functional groups attached to an aromatic ring is 1. The Labute approximate surface area is 151 Å². The molecule has 0 radical (unpaired) electrons. The molecule has 2 aromatic carbocycles. The van der Waals surface area contributed by atoms with Gasteiger partial charge in [-0.15, -0.1) is 5.10 Å². The summed E-state index contributed by atoms with van der Waals surface area (Å²) in [6.07, 6.45) is 2.13. The maximum atomic E-state index is 9.85. The molecule has 0 spiro atoms. The lowest BCUT2D eigenvalue weighted by molar-refractivity contribution is 0.415. The van der Waals surface area contributed by atoms with Crippen molar-refractivity contribution in [1.82, 2.24) is 10.2 Å². The van der Waals surface area contributed by atoms with Crippen LogP contribution in [0, 0.1) is 6.92 Å². The minimum Gasteiger partial charge on any atom is -0.496 e. The molecular formula is C19H20BN3O3. The largest absolute Gasteiger partial charge is 0.496 e. The second kappa shape index (κ2) is 6.27. The van der Waals surface area contributed by atoms with Gasteiger partial charge in [0.05, 0.1) is 12.8 Å². The molecule has 0 saturated heterocycles. The number of ether oxygens (including phenoxy) is 1. The molecule has 4 N–H and O–H groups in total. The maximum Gasteiger partial charge on any atom is 0.488 e. The number of fused-ring (bicyclic) bond motifs is 1. The van der Waals surface area contributed by atoms with Gasteiger partial charge in [-0.05, 0) is 60.5 Å². The topological polar surface area (TPSA) is 101 Å². The van der Waals surface area contributed by atoms with Gasteiger partial charge in [0, 0.05) is 16.3 Å². The van der Waals surface area contributed by atoms with E-state index in [0.29, 0.717) is 22.9 Å². The molecule has 1 heterocycles. The lowest BCUT2D eigenvalue weighted by atomic mass is 9.74. The van der Waals surface area contributed by atoms with E-state index in [1.165, 1.54) is 0 Å². The predicted molar refractivity (Wildman–Crippen MR) is 102 cm³/mol. The molecule has 1 aliphatic rings. The van der Waals surface area contributed by atoms with Gasteiger partial charge in [0.15, 0.2) is 5.82 Å². The highest BCUT2D eigenvalue weighted by molar-refractivity contribution is 6.59. The number of anilines is 1. The van der Waals surface area contributed by atoms with Crippen LogP contribution in [0.4, 0.5) is 5.82 Å². The van der Waals surface area contributed by atoms with Gasteiger partial charge in [0.2, 0.25) is 0 Å². The van der Waals surface area contributed by atoms with Crippen molar-refractivity contribution in [3.63, 3.8) is 0 Å². The number of nitrogens with two attached hydrogens (primary N) is 1. The standard InChI is InChI=1S/C19H20BN3O3/c1-10-14-7-12(5-6-13(14)19(21)23-22-10)16-8-17(20(24)25)15(11-3-4-11)9-18(16)26-2/h5-9,11,24-25H,3-4H2,1-2H3,(H2,21,23). The molecule has 6 nitrogen and oxygen atoms in total. The third-order valence-corrected chi connectivity index (χ3v) is 5.00. The van der Waals surface area contributed by atoms with Gasteiger partial charge in [-0.3, -0.25) is 0 Å². The van der Waals surface area contributed by atoms with Crippen molar-refractivity contribution in [2.24, 2.45) is 0 Å². The van der Waals surface area contributed by atoms with Crippen LogP contribution in [0.5, 0.6) is 5.75 Å². The molecule has 0 unspecified atom stereocenters. The quantitative estimate of drug-likeness (QED) is 0.621. The first-order valence-electron chi connectivity index (χ1n) is 8.60. The first kappa shape index (κ1) is 16.8. The monoisotopic (exact) mass is 349 g/mol. The SMILES string of the molecule is COc1cc(C2CC2)c(B(O)O)cc1-c1ccc2c(N)nnc(C)c2c1. The predicted octanol–water partition coefficient (Wildman–Crippen LogP) is 1.75. The Morgan fingerprint density at radius 3 is 2.54 bits per heavy atom. The van der Waals surface area contributed by atoms with Crippen LogP contribution in [0.2, 0.25) is 0 Å². The summed E-state index contributed by atoms with van der Waals surface area (Å²) < 4.78 is 5.60. The number of hydrogen-bond donors (Lipinski definition) is 3. The van der Waals surface area contributed by atoms with Crippen molar-refractivity contribution in [2.75, 3.05) is 12.8 Å². The lowest BCUT2D eigenvalue weighted by Gasteiger charge is -2.16. The highest BCUT2D eigenvalue weighted by atomic mass is 16.5. The smallest absolute Gasteiger partial charge is 0.488 e. The normalized spacial score (nSPS) is 13.8. The Balaban J connectivity index is 1.93. The Hall–Kier alpha value is -2.64. The van der Waals surface area contributed by atoms with Gasteiger partial charge in [0.25, 0.3) is 0 Å². The number of rotatable bonds is 4. The molecule has 0 bridgehead atoms. The summed E-state index contributed by atoms with van der Waals surface area (Å²) in [6.45, 7) is 1.88. The second-order valence-corrected chi connectivity index (χ2v) is 6.76. The van der Waals surface area contributed by atoms with E-state index in [1.807, 2.05) is 37.3 Å². The minimum atomic E-state index is -1.51. The third kappa shape index (κ3) is 2.79. The summed E-state index contributed by atoms with van der Waals surface area (Å²) in [5.41, 5.74) is 9.90. The number of aryl methyl sites for hydroxylation is 1. The molecule has 1 aromatic heterocycles. The first-order valence-corrected chi connectivity index (χ1v) is 8.60. The first-order chi connectivity index (χ1) is 12.5. The van der Waals surface area contributed by atoms with E-state index in [-0.39, 0.29) is 0 Å². The lowest BCUT2D eigenvalue weighted by Crippen LogP contribution is -2.33. The molecule has 1 aliphatic carbocycles. The zero-order valence-electron chi connectivity index (χ0n) is 14.7. The van der Waals surface area contributed by atoms with Crippen molar-refractivity contribution in [3.8, 4) is 16.9 Å². The van der Waals surface area contributed by atoms with Crippen molar-refractivity contribution >= 4 is 29.2 Å². The van der Waals surface area contributed by atoms with Gasteiger partial charge in [0.1, 0.15) is 5.75 Å². The minimum absolute atomic E-state index is 0.378. The number of hydrogen-bond acceptors (Lipinski definition) is 6. The molecule has 0 aliphatic heterocycles. The molecular weight excluding hydrogens is 329 g/mol. The van der Waals surface area contributed by atoms with E-state index in [9.17, 15) is 10.0 Å². The van der Waals surface area contributed by atoms with Crippen LogP contribution in [0.3, 0.4) is 0 Å². The number of nitrogens with zero attached hydrogens (tertiary/aromatic N) is 2. The van der Waals surface area contributed by atoms with Crippen molar-refractivity contribution in [2.45, 2.75) is 25.7 Å². The molecule has 132 valence electrons. The van der Waals surface area contributed by atoms with Gasteiger partial charge in [-0.25, -0.2) is 0 Å². The van der Waals surface area contributed by atoms with E-state index < -0.39 is 7.12 Å². The van der Waals surface area contributed by atoms with Crippen LogP contribution >= 0.6 is 0 Å². The molecule has 7 heteroatoms. The van der Waals surface area contributed by atoms with Crippen molar-refractivity contribution in [1.29, 1.82) is 0 Å². The summed E-state index contributed by atoms with van der Waals surface area (Å²) in [6, 6.07) is 9.56. The zero-order chi connectivity index (χ0) is 18.4. The molecule has 4 rings (SSSR count). The Morgan fingerprint density at radius 1 is 1.12 bits per heavy atom. The van der Waals surface area contributed by atoms with Crippen LogP contribution in [-0.4, -0.2) is 34.5 Å². The van der Waals surface area contributed by atoms with E-state index in [2.05, 4.69) is 10.2 Å². The van der Waals surface area contributed by atoms with Gasteiger partial charge < -0.3 is 20.5 Å². The van der Waals surface area contributed by atoms with Gasteiger partial charge >= 0.3 is 7.12 Å². The van der Waals surface area contributed by atoms with Crippen LogP contribution in [-0.2, 0) is 0 Å². The summed E-state index contributed by atoms with van der Waals surface area (Å²) in [7, 11) is 0.110. The summed E-state index contributed by atoms with van der Waals surface area (Å²) >= 11 is 0. The fourth-order valence-corrected chi connectivity index (χ4v) is 3.45. The molecule has 26 heavy (non-hydrogen) atoms. The Kier molecular flexibility index (Phi) is 4.05. The van der Waals surface area contributed by atoms with Crippen LogP contribution < -0.4 is 15.9 Å². The van der Waals surface area contributed by atoms with Gasteiger partial charge in [-0.2, -0.15) is 5.10 Å². The molecule has 1 fully saturated rings. The van der Waals surface area contributed by atoms with E-state index in [0.717, 1.165) is 46.0 Å². The average molecular weight is 349 g/mol. The summed E-state index contributed by atoms with van der Waals surface area (Å²) in [4.78, 5) is 0. The number of benzene rings is 2. The van der Waals surface area contributed by atoms with E-state index in [4.69, 9.17) is 10.5 Å². The average Bonchev–Trinajstić information content (AvgIpc) is 3.48. The second-order valence-electron chi connectivity index (χ2n) is 6.76. The molecule has 0 amide bonds. The molecule has 0 atom stereocenters. The van der Waals surface area contributed by atoms with E-state index >= 15 is 0 Å².